The molecule has 9 nitrogen and oxygen atoms in total. The predicted octanol–water partition coefficient (Wildman–Crippen LogP) is 4.16. The number of methoxy groups -OCH3 is 1. The molecule has 0 saturated carbocycles. The number of rotatable bonds is 6. The molecule has 1 fully saturated rings. The molecule has 2 N–H and O–H groups in total. The lowest BCUT2D eigenvalue weighted by atomic mass is 9.93. The number of pyridine rings is 2. The Bertz CT molecular complexity index is 1570. The standard InChI is InChI=1S/C26H21N7O2S/c1-35-22-5-3-2-4-17(22)18-10-20(16-11-28-12-16)29-13-19(18)24(34)33-26-32-23-25(36-26)31-21(14-30-23)15-6-8-27-9-7-15/h2-10,13-14,16,28H,11-12H2,1H3,(H,30,32,33,34). The van der Waals surface area contributed by atoms with Gasteiger partial charge in [0.1, 0.15) is 5.75 Å². The van der Waals surface area contributed by atoms with Gasteiger partial charge in [-0.3, -0.25) is 20.1 Å². The average Bonchev–Trinajstić information content (AvgIpc) is 3.29. The Labute approximate surface area is 210 Å². The average molecular weight is 496 g/mol. The van der Waals surface area contributed by atoms with Crippen molar-refractivity contribution in [1.82, 2.24) is 30.2 Å². The highest BCUT2D eigenvalue weighted by Gasteiger charge is 2.24. The lowest BCUT2D eigenvalue weighted by Gasteiger charge is -2.27. The molecule has 5 heterocycles. The summed E-state index contributed by atoms with van der Waals surface area (Å²) in [5, 5.41) is 6.61. The Balaban J connectivity index is 1.34. The molecule has 0 atom stereocenters. The largest absolute Gasteiger partial charge is 0.496 e. The van der Waals surface area contributed by atoms with E-state index in [9.17, 15) is 4.79 Å². The molecule has 0 unspecified atom stereocenters. The van der Waals surface area contributed by atoms with Crippen molar-refractivity contribution in [3.63, 3.8) is 0 Å². The van der Waals surface area contributed by atoms with Gasteiger partial charge in [-0.25, -0.2) is 9.97 Å². The number of aromatic nitrogens is 5. The molecule has 0 spiro atoms. The first kappa shape index (κ1) is 22.2. The summed E-state index contributed by atoms with van der Waals surface area (Å²) in [7, 11) is 1.62. The molecule has 1 aliphatic heterocycles. The topological polar surface area (TPSA) is 115 Å². The predicted molar refractivity (Wildman–Crippen MR) is 138 cm³/mol. The van der Waals surface area contributed by atoms with Crippen molar-refractivity contribution in [2.45, 2.75) is 5.92 Å². The molecule has 6 rings (SSSR count). The number of nitrogens with zero attached hydrogens (tertiary/aromatic N) is 5. The summed E-state index contributed by atoms with van der Waals surface area (Å²) in [5.74, 6) is 0.703. The first-order valence-corrected chi connectivity index (χ1v) is 12.2. The zero-order valence-electron chi connectivity index (χ0n) is 19.3. The van der Waals surface area contributed by atoms with E-state index < -0.39 is 0 Å². The second-order valence-corrected chi connectivity index (χ2v) is 9.28. The zero-order valence-corrected chi connectivity index (χ0v) is 20.1. The smallest absolute Gasteiger partial charge is 0.259 e. The number of carbonyl (C=O) groups excluding carboxylic acids is 1. The number of carbonyl (C=O) groups is 1. The van der Waals surface area contributed by atoms with Crippen LogP contribution in [0.1, 0.15) is 22.0 Å². The van der Waals surface area contributed by atoms with Crippen LogP contribution < -0.4 is 15.4 Å². The minimum Gasteiger partial charge on any atom is -0.496 e. The minimum absolute atomic E-state index is 0.310. The van der Waals surface area contributed by atoms with E-state index in [0.29, 0.717) is 32.8 Å². The molecule has 36 heavy (non-hydrogen) atoms. The second kappa shape index (κ2) is 9.40. The summed E-state index contributed by atoms with van der Waals surface area (Å²) in [6.07, 6.45) is 6.72. The third kappa shape index (κ3) is 4.16. The molecule has 1 aromatic carbocycles. The van der Waals surface area contributed by atoms with E-state index >= 15 is 0 Å². The van der Waals surface area contributed by atoms with Gasteiger partial charge in [0.25, 0.3) is 5.91 Å². The maximum absolute atomic E-state index is 13.5. The number of benzene rings is 1. The van der Waals surface area contributed by atoms with Crippen LogP contribution >= 0.6 is 11.3 Å². The second-order valence-electron chi connectivity index (χ2n) is 8.30. The van der Waals surface area contributed by atoms with Crippen LogP contribution in [0.25, 0.3) is 32.9 Å². The molecule has 0 bridgehead atoms. The summed E-state index contributed by atoms with van der Waals surface area (Å²) in [6, 6.07) is 13.4. The van der Waals surface area contributed by atoms with Gasteiger partial charge >= 0.3 is 0 Å². The molecule has 1 saturated heterocycles. The maximum atomic E-state index is 13.5. The molecule has 0 radical (unpaired) electrons. The van der Waals surface area contributed by atoms with Crippen molar-refractivity contribution < 1.29 is 9.53 Å². The summed E-state index contributed by atoms with van der Waals surface area (Å²) in [4.78, 5) is 36.3. The number of fused-ring (bicyclic) bond motifs is 1. The van der Waals surface area contributed by atoms with Gasteiger partial charge in [-0.05, 0) is 24.3 Å². The van der Waals surface area contributed by atoms with Crippen molar-refractivity contribution >= 4 is 32.9 Å². The highest BCUT2D eigenvalue weighted by Crippen LogP contribution is 2.35. The van der Waals surface area contributed by atoms with E-state index in [0.717, 1.165) is 41.2 Å². The number of para-hydroxylation sites is 1. The normalized spacial score (nSPS) is 13.4. The van der Waals surface area contributed by atoms with Gasteiger partial charge in [-0.15, -0.1) is 0 Å². The molecule has 1 aliphatic rings. The fourth-order valence-electron chi connectivity index (χ4n) is 4.06. The molecular formula is C26H21N7O2S. The number of nitrogens with one attached hydrogen (secondary N) is 2. The van der Waals surface area contributed by atoms with Crippen LogP contribution in [0.4, 0.5) is 5.13 Å². The van der Waals surface area contributed by atoms with Gasteiger partial charge in [-0.1, -0.05) is 29.5 Å². The van der Waals surface area contributed by atoms with Gasteiger partial charge in [0.15, 0.2) is 15.6 Å². The molecule has 0 aliphatic carbocycles. The molecule has 10 heteroatoms. The van der Waals surface area contributed by atoms with Crippen LogP contribution in [0.2, 0.25) is 0 Å². The Morgan fingerprint density at radius 1 is 1.06 bits per heavy atom. The Morgan fingerprint density at radius 3 is 2.67 bits per heavy atom. The number of anilines is 1. The number of amides is 1. The number of thiazole rings is 1. The fraction of sp³-hybridized carbons (Fsp3) is 0.154. The molecule has 5 aromatic rings. The van der Waals surface area contributed by atoms with Crippen LogP contribution in [-0.4, -0.2) is 51.0 Å². The highest BCUT2D eigenvalue weighted by atomic mass is 32.1. The lowest BCUT2D eigenvalue weighted by molar-refractivity contribution is 0.102. The number of hydrogen-bond acceptors (Lipinski definition) is 9. The van der Waals surface area contributed by atoms with Gasteiger partial charge in [0.05, 0.1) is 24.6 Å². The van der Waals surface area contributed by atoms with E-state index in [2.05, 4.69) is 35.6 Å². The lowest BCUT2D eigenvalue weighted by Crippen LogP contribution is -2.40. The van der Waals surface area contributed by atoms with Crippen molar-refractivity contribution in [2.24, 2.45) is 0 Å². The quantitative estimate of drug-likeness (QED) is 0.361. The van der Waals surface area contributed by atoms with Crippen molar-refractivity contribution in [1.29, 1.82) is 0 Å². The third-order valence-electron chi connectivity index (χ3n) is 6.09. The molecular weight excluding hydrogens is 474 g/mol. The summed E-state index contributed by atoms with van der Waals surface area (Å²) in [6.45, 7) is 1.74. The van der Waals surface area contributed by atoms with Crippen molar-refractivity contribution in [2.75, 3.05) is 25.5 Å². The van der Waals surface area contributed by atoms with E-state index in [1.807, 2.05) is 42.5 Å². The molecule has 178 valence electrons. The zero-order chi connectivity index (χ0) is 24.5. The first-order chi connectivity index (χ1) is 17.7. The SMILES string of the molecule is COc1ccccc1-c1cc(C2CNC2)ncc1C(=O)Nc1nc2ncc(-c3ccncc3)nc2s1. The van der Waals surface area contributed by atoms with Gasteiger partial charge < -0.3 is 10.1 Å². The number of hydrogen-bond donors (Lipinski definition) is 2. The van der Waals surface area contributed by atoms with E-state index in [4.69, 9.17) is 4.74 Å². The van der Waals surface area contributed by atoms with Crippen LogP contribution in [0.3, 0.4) is 0 Å². The van der Waals surface area contributed by atoms with E-state index in [1.54, 1.807) is 31.9 Å². The van der Waals surface area contributed by atoms with Gasteiger partial charge in [-0.2, -0.15) is 4.98 Å². The Hall–Kier alpha value is -4.28. The molecule has 4 aromatic heterocycles. The van der Waals surface area contributed by atoms with Crippen molar-refractivity contribution in [3.05, 3.63) is 78.5 Å². The fourth-order valence-corrected chi connectivity index (χ4v) is 4.86. The van der Waals surface area contributed by atoms with Crippen LogP contribution in [-0.2, 0) is 0 Å². The van der Waals surface area contributed by atoms with Crippen LogP contribution in [0.15, 0.2) is 67.3 Å². The van der Waals surface area contributed by atoms with Gasteiger partial charge in [0, 0.05) is 60.0 Å². The molecule has 1 amide bonds. The minimum atomic E-state index is -0.310. The van der Waals surface area contributed by atoms with E-state index in [1.165, 1.54) is 11.3 Å². The number of ether oxygens (including phenoxy) is 1. The third-order valence-corrected chi connectivity index (χ3v) is 6.94. The van der Waals surface area contributed by atoms with Crippen LogP contribution in [0, 0.1) is 0 Å². The maximum Gasteiger partial charge on any atom is 0.259 e. The Kier molecular flexibility index (Phi) is 5.80. The summed E-state index contributed by atoms with van der Waals surface area (Å²) < 4.78 is 5.59. The Morgan fingerprint density at radius 2 is 1.89 bits per heavy atom. The van der Waals surface area contributed by atoms with Crippen LogP contribution in [0.5, 0.6) is 5.75 Å². The van der Waals surface area contributed by atoms with E-state index in [-0.39, 0.29) is 5.91 Å². The summed E-state index contributed by atoms with van der Waals surface area (Å²) >= 11 is 1.27. The first-order valence-electron chi connectivity index (χ1n) is 11.4. The highest BCUT2D eigenvalue weighted by molar-refractivity contribution is 7.21. The van der Waals surface area contributed by atoms with Gasteiger partial charge in [0.2, 0.25) is 0 Å². The monoisotopic (exact) mass is 495 g/mol. The van der Waals surface area contributed by atoms with Crippen molar-refractivity contribution in [3.8, 4) is 28.1 Å². The summed E-state index contributed by atoms with van der Waals surface area (Å²) in [5.41, 5.74) is 5.08.